The molecule has 32 heavy (non-hydrogen) atoms. The van der Waals surface area contributed by atoms with Crippen molar-refractivity contribution in [2.45, 2.75) is 33.1 Å². The molecule has 0 radical (unpaired) electrons. The molecule has 1 spiro atoms. The van der Waals surface area contributed by atoms with Crippen LogP contribution in [0.3, 0.4) is 0 Å². The number of amides is 3. The first kappa shape index (κ1) is 23.0. The van der Waals surface area contributed by atoms with Crippen LogP contribution in [0.1, 0.15) is 30.4 Å². The molecule has 176 valence electrons. The van der Waals surface area contributed by atoms with E-state index in [0.717, 1.165) is 43.6 Å². The topological polar surface area (TPSA) is 90.0 Å². The van der Waals surface area contributed by atoms with E-state index in [1.807, 2.05) is 40.7 Å². The number of hydrogen-bond acceptors (Lipinski definition) is 5. The van der Waals surface area contributed by atoms with Crippen molar-refractivity contribution in [1.29, 1.82) is 0 Å². The molecule has 1 N–H and O–H groups in total. The van der Waals surface area contributed by atoms with E-state index in [0.29, 0.717) is 32.7 Å². The lowest BCUT2D eigenvalue weighted by Gasteiger charge is -2.39. The van der Waals surface area contributed by atoms with Crippen molar-refractivity contribution < 1.29 is 18.0 Å². The number of anilines is 1. The number of carbonyl (C=O) groups excluding carboxylic acids is 2. The van der Waals surface area contributed by atoms with Crippen LogP contribution in [-0.2, 0) is 14.6 Å². The van der Waals surface area contributed by atoms with Crippen LogP contribution in [-0.4, -0.2) is 92.4 Å². The summed E-state index contributed by atoms with van der Waals surface area (Å²) in [5.41, 5.74) is 3.18. The van der Waals surface area contributed by atoms with Crippen LogP contribution in [0.25, 0.3) is 0 Å². The molecule has 0 atom stereocenters. The largest absolute Gasteiger partial charge is 0.341 e. The molecule has 3 amide bonds. The highest BCUT2D eigenvalue weighted by atomic mass is 32.2. The van der Waals surface area contributed by atoms with E-state index in [1.165, 1.54) is 5.56 Å². The molecule has 0 aromatic heterocycles. The smallest absolute Gasteiger partial charge is 0.321 e. The first-order chi connectivity index (χ1) is 15.1. The number of piperidine rings is 1. The van der Waals surface area contributed by atoms with Gasteiger partial charge in [-0.15, -0.1) is 0 Å². The first-order valence-corrected chi connectivity index (χ1v) is 13.3. The minimum absolute atomic E-state index is 0.0576. The van der Waals surface area contributed by atoms with Gasteiger partial charge in [-0.2, -0.15) is 0 Å². The summed E-state index contributed by atoms with van der Waals surface area (Å²) >= 11 is 0. The van der Waals surface area contributed by atoms with Crippen molar-refractivity contribution in [3.05, 3.63) is 29.3 Å². The number of nitrogens with zero attached hydrogens (tertiary/aromatic N) is 3. The van der Waals surface area contributed by atoms with Crippen LogP contribution in [0.4, 0.5) is 10.5 Å². The molecule has 0 bridgehead atoms. The van der Waals surface area contributed by atoms with Gasteiger partial charge in [-0.05, 0) is 50.2 Å². The van der Waals surface area contributed by atoms with Gasteiger partial charge < -0.3 is 15.1 Å². The summed E-state index contributed by atoms with van der Waals surface area (Å²) in [4.78, 5) is 31.3. The number of hydrogen-bond donors (Lipinski definition) is 1. The SMILES string of the molecule is Cc1ccc(NC(=O)N2CCC3(CCN(C(=O)CN4CCS(=O)(=O)CC4)C3)CC2)c(C)c1. The van der Waals surface area contributed by atoms with Crippen molar-refractivity contribution in [3.63, 3.8) is 0 Å². The fourth-order valence-electron chi connectivity index (χ4n) is 5.09. The third kappa shape index (κ3) is 5.26. The standard InChI is InChI=1S/C23H34N4O4S/c1-18-3-4-20(19(2)15-18)24-22(29)26-8-5-23(6-9-26)7-10-27(17-23)21(28)16-25-11-13-32(30,31)14-12-25/h3-4,15H,5-14,16-17H2,1-2H3,(H,24,29). The van der Waals surface area contributed by atoms with Crippen molar-refractivity contribution in [2.24, 2.45) is 5.41 Å². The lowest BCUT2D eigenvalue weighted by molar-refractivity contribution is -0.131. The molecule has 4 rings (SSSR count). The number of likely N-dealkylation sites (tertiary alicyclic amines) is 2. The minimum Gasteiger partial charge on any atom is -0.341 e. The Hall–Kier alpha value is -2.13. The maximum atomic E-state index is 12.8. The van der Waals surface area contributed by atoms with Gasteiger partial charge in [-0.3, -0.25) is 9.69 Å². The molecule has 3 saturated heterocycles. The van der Waals surface area contributed by atoms with Gasteiger partial charge in [-0.1, -0.05) is 17.7 Å². The van der Waals surface area contributed by atoms with Crippen molar-refractivity contribution in [2.75, 3.05) is 62.6 Å². The van der Waals surface area contributed by atoms with E-state index in [4.69, 9.17) is 0 Å². The Morgan fingerprint density at radius 2 is 1.59 bits per heavy atom. The normalized spacial score (nSPS) is 22.8. The summed E-state index contributed by atoms with van der Waals surface area (Å²) in [6.45, 7) is 8.11. The van der Waals surface area contributed by atoms with Crippen LogP contribution in [0.5, 0.6) is 0 Å². The molecule has 1 aromatic rings. The monoisotopic (exact) mass is 462 g/mol. The van der Waals surface area contributed by atoms with Crippen LogP contribution in [0.2, 0.25) is 0 Å². The molecule has 3 fully saturated rings. The van der Waals surface area contributed by atoms with Crippen molar-refractivity contribution >= 4 is 27.5 Å². The lowest BCUT2D eigenvalue weighted by Crippen LogP contribution is -2.48. The molecule has 3 aliphatic rings. The Bertz CT molecular complexity index is 972. The number of rotatable bonds is 3. The molecule has 3 aliphatic heterocycles. The zero-order valence-corrected chi connectivity index (χ0v) is 19.9. The van der Waals surface area contributed by atoms with E-state index < -0.39 is 9.84 Å². The van der Waals surface area contributed by atoms with E-state index in [-0.39, 0.29) is 28.9 Å². The third-order valence-electron chi connectivity index (χ3n) is 7.32. The zero-order valence-electron chi connectivity index (χ0n) is 19.1. The van der Waals surface area contributed by atoms with Gasteiger partial charge >= 0.3 is 6.03 Å². The van der Waals surface area contributed by atoms with Gasteiger partial charge in [0, 0.05) is 45.0 Å². The fraction of sp³-hybridized carbons (Fsp3) is 0.652. The molecule has 8 nitrogen and oxygen atoms in total. The van der Waals surface area contributed by atoms with Crippen LogP contribution in [0.15, 0.2) is 18.2 Å². The maximum absolute atomic E-state index is 12.8. The Morgan fingerprint density at radius 1 is 0.969 bits per heavy atom. The van der Waals surface area contributed by atoms with E-state index >= 15 is 0 Å². The lowest BCUT2D eigenvalue weighted by atomic mass is 9.78. The van der Waals surface area contributed by atoms with Gasteiger partial charge in [0.05, 0.1) is 18.1 Å². The molecular weight excluding hydrogens is 428 g/mol. The Morgan fingerprint density at radius 3 is 2.22 bits per heavy atom. The van der Waals surface area contributed by atoms with E-state index in [2.05, 4.69) is 11.4 Å². The molecule has 0 saturated carbocycles. The molecule has 0 aliphatic carbocycles. The summed E-state index contributed by atoms with van der Waals surface area (Å²) in [5.74, 6) is 0.380. The number of aryl methyl sites for hydroxylation is 2. The van der Waals surface area contributed by atoms with Crippen LogP contribution >= 0.6 is 0 Å². The highest BCUT2D eigenvalue weighted by Crippen LogP contribution is 2.40. The van der Waals surface area contributed by atoms with Crippen LogP contribution in [0, 0.1) is 19.3 Å². The third-order valence-corrected chi connectivity index (χ3v) is 8.93. The number of nitrogens with one attached hydrogen (secondary N) is 1. The number of sulfone groups is 1. The predicted molar refractivity (Wildman–Crippen MR) is 124 cm³/mol. The highest BCUT2D eigenvalue weighted by Gasteiger charge is 2.43. The van der Waals surface area contributed by atoms with Gasteiger partial charge in [0.2, 0.25) is 5.91 Å². The molecule has 1 aromatic carbocycles. The van der Waals surface area contributed by atoms with Crippen LogP contribution < -0.4 is 5.32 Å². The molecule has 0 unspecified atom stereocenters. The average molecular weight is 463 g/mol. The van der Waals surface area contributed by atoms with Crippen molar-refractivity contribution in [1.82, 2.24) is 14.7 Å². The summed E-state index contributed by atoms with van der Waals surface area (Å²) < 4.78 is 23.2. The fourth-order valence-corrected chi connectivity index (χ4v) is 6.36. The van der Waals surface area contributed by atoms with Gasteiger partial charge in [0.25, 0.3) is 0 Å². The predicted octanol–water partition coefficient (Wildman–Crippen LogP) is 1.88. The van der Waals surface area contributed by atoms with E-state index in [1.54, 1.807) is 0 Å². The maximum Gasteiger partial charge on any atom is 0.321 e. The number of carbonyl (C=O) groups is 2. The van der Waals surface area contributed by atoms with Gasteiger partial charge in [0.15, 0.2) is 9.84 Å². The second-order valence-corrected chi connectivity index (χ2v) is 12.0. The Balaban J connectivity index is 1.25. The summed E-state index contributed by atoms with van der Waals surface area (Å²) in [6, 6.07) is 5.96. The number of urea groups is 1. The summed E-state index contributed by atoms with van der Waals surface area (Å²) in [7, 11) is -2.93. The minimum atomic E-state index is -2.93. The van der Waals surface area contributed by atoms with Crippen molar-refractivity contribution in [3.8, 4) is 0 Å². The molecule has 3 heterocycles. The van der Waals surface area contributed by atoms with Gasteiger partial charge in [-0.25, -0.2) is 13.2 Å². The Kier molecular flexibility index (Phi) is 6.49. The second-order valence-electron chi connectivity index (χ2n) is 9.73. The molecule has 9 heteroatoms. The Labute approximate surface area is 190 Å². The average Bonchev–Trinajstić information content (AvgIpc) is 3.16. The zero-order chi connectivity index (χ0) is 22.9. The van der Waals surface area contributed by atoms with Gasteiger partial charge in [0.1, 0.15) is 0 Å². The number of benzene rings is 1. The van der Waals surface area contributed by atoms with E-state index in [9.17, 15) is 18.0 Å². The second kappa shape index (κ2) is 9.02. The first-order valence-electron chi connectivity index (χ1n) is 11.5. The quantitative estimate of drug-likeness (QED) is 0.741. The highest BCUT2D eigenvalue weighted by molar-refractivity contribution is 7.91. The molecular formula is C23H34N4O4S. The summed E-state index contributed by atoms with van der Waals surface area (Å²) in [6.07, 6.45) is 2.78. The summed E-state index contributed by atoms with van der Waals surface area (Å²) in [5, 5.41) is 3.04.